The van der Waals surface area contributed by atoms with Gasteiger partial charge in [0.05, 0.1) is 13.2 Å². The van der Waals surface area contributed by atoms with Crippen LogP contribution >= 0.6 is 0 Å². The summed E-state index contributed by atoms with van der Waals surface area (Å²) in [6.45, 7) is 3.51. The van der Waals surface area contributed by atoms with E-state index in [0.717, 1.165) is 31.7 Å². The number of hydrogen-bond acceptors (Lipinski definition) is 4. The van der Waals surface area contributed by atoms with Gasteiger partial charge in [-0.05, 0) is 56.5 Å². The Labute approximate surface area is 150 Å². The minimum absolute atomic E-state index is 0.0332. The minimum Gasteiger partial charge on any atom is -0.497 e. The molecule has 2 saturated heterocycles. The van der Waals surface area contributed by atoms with Crippen molar-refractivity contribution in [2.24, 2.45) is 0 Å². The molecule has 2 unspecified atom stereocenters. The Morgan fingerprint density at radius 2 is 1.92 bits per heavy atom. The second kappa shape index (κ2) is 9.20. The molecule has 3 rings (SSSR count). The second-order valence-electron chi connectivity index (χ2n) is 6.99. The van der Waals surface area contributed by atoms with Crippen molar-refractivity contribution in [2.75, 3.05) is 33.4 Å². The van der Waals surface area contributed by atoms with E-state index < -0.39 is 0 Å². The Kier molecular flexibility index (Phi) is 6.70. The molecule has 0 saturated carbocycles. The molecule has 1 aromatic carbocycles. The van der Waals surface area contributed by atoms with E-state index in [1.54, 1.807) is 7.11 Å². The largest absolute Gasteiger partial charge is 0.497 e. The summed E-state index contributed by atoms with van der Waals surface area (Å²) >= 11 is 0. The molecule has 2 aliphatic rings. The van der Waals surface area contributed by atoms with E-state index in [9.17, 15) is 4.79 Å². The first-order valence-electron chi connectivity index (χ1n) is 9.55. The number of amides is 1. The number of carbonyl (C=O) groups is 1. The monoisotopic (exact) mass is 346 g/mol. The first kappa shape index (κ1) is 18.2. The normalized spacial score (nSPS) is 23.0. The number of nitrogens with one attached hydrogen (secondary N) is 1. The first-order valence-corrected chi connectivity index (χ1v) is 9.55. The Balaban J connectivity index is 1.69. The number of methoxy groups -OCH3 is 1. The van der Waals surface area contributed by atoms with E-state index >= 15 is 0 Å². The predicted molar refractivity (Wildman–Crippen MR) is 97.8 cm³/mol. The van der Waals surface area contributed by atoms with Crippen LogP contribution in [0.4, 0.5) is 0 Å². The lowest BCUT2D eigenvalue weighted by Gasteiger charge is -2.31. The van der Waals surface area contributed by atoms with Crippen molar-refractivity contribution >= 4 is 5.91 Å². The van der Waals surface area contributed by atoms with Crippen LogP contribution in [0.3, 0.4) is 0 Å². The maximum atomic E-state index is 12.4. The van der Waals surface area contributed by atoms with Gasteiger partial charge >= 0.3 is 0 Å². The van der Waals surface area contributed by atoms with Gasteiger partial charge in [-0.15, -0.1) is 0 Å². The zero-order valence-electron chi connectivity index (χ0n) is 15.2. The fourth-order valence-electron chi connectivity index (χ4n) is 3.79. The third-order valence-electron chi connectivity index (χ3n) is 5.27. The highest BCUT2D eigenvalue weighted by Gasteiger charge is 2.26. The molecule has 1 N–H and O–H groups in total. The molecule has 5 nitrogen and oxygen atoms in total. The summed E-state index contributed by atoms with van der Waals surface area (Å²) in [7, 11) is 1.68. The Bertz CT molecular complexity index is 532. The van der Waals surface area contributed by atoms with Gasteiger partial charge in [-0.3, -0.25) is 9.69 Å². The number of hydrogen-bond donors (Lipinski definition) is 1. The lowest BCUT2D eigenvalue weighted by molar-refractivity contribution is -0.130. The SMILES string of the molecule is COc1ccc(C(CNC(=O)C2CCCO2)N2CCCCCC2)cc1. The van der Waals surface area contributed by atoms with Crippen LogP contribution in [0.25, 0.3) is 0 Å². The van der Waals surface area contributed by atoms with Gasteiger partial charge in [0.1, 0.15) is 11.9 Å². The third kappa shape index (κ3) is 4.95. The third-order valence-corrected chi connectivity index (χ3v) is 5.27. The number of ether oxygens (including phenoxy) is 2. The van der Waals surface area contributed by atoms with Crippen molar-refractivity contribution in [3.63, 3.8) is 0 Å². The molecule has 2 fully saturated rings. The molecule has 138 valence electrons. The lowest BCUT2D eigenvalue weighted by atomic mass is 10.0. The second-order valence-corrected chi connectivity index (χ2v) is 6.99. The molecule has 0 aromatic heterocycles. The summed E-state index contributed by atoms with van der Waals surface area (Å²) in [6, 6.07) is 8.44. The molecule has 2 atom stereocenters. The molecule has 2 heterocycles. The van der Waals surface area contributed by atoms with Crippen LogP contribution in [0, 0.1) is 0 Å². The van der Waals surface area contributed by atoms with Crippen molar-refractivity contribution in [1.29, 1.82) is 0 Å². The summed E-state index contributed by atoms with van der Waals surface area (Å²) in [5, 5.41) is 3.13. The van der Waals surface area contributed by atoms with Gasteiger partial charge in [-0.25, -0.2) is 0 Å². The maximum Gasteiger partial charge on any atom is 0.249 e. The molecular formula is C20H30N2O3. The average molecular weight is 346 g/mol. The lowest BCUT2D eigenvalue weighted by Crippen LogP contribution is -2.42. The average Bonchev–Trinajstić information content (AvgIpc) is 3.06. The molecule has 0 radical (unpaired) electrons. The number of carbonyl (C=O) groups excluding carboxylic acids is 1. The molecule has 0 aliphatic carbocycles. The molecule has 2 aliphatic heterocycles. The summed E-state index contributed by atoms with van der Waals surface area (Å²) in [5.74, 6) is 0.896. The van der Waals surface area contributed by atoms with Crippen LogP contribution in [0.1, 0.15) is 50.1 Å². The molecule has 0 spiro atoms. The molecule has 1 aromatic rings. The van der Waals surface area contributed by atoms with E-state index in [1.807, 2.05) is 12.1 Å². The topological polar surface area (TPSA) is 50.8 Å². The fraction of sp³-hybridized carbons (Fsp3) is 0.650. The standard InChI is InChI=1S/C20H30N2O3/c1-24-17-10-8-16(9-11-17)18(22-12-4-2-3-5-13-22)15-21-20(23)19-7-6-14-25-19/h8-11,18-19H,2-7,12-15H2,1H3,(H,21,23). The van der Waals surface area contributed by atoms with Crippen LogP contribution in [0.2, 0.25) is 0 Å². The molecule has 25 heavy (non-hydrogen) atoms. The van der Waals surface area contributed by atoms with E-state index in [0.29, 0.717) is 13.2 Å². The number of likely N-dealkylation sites (tertiary alicyclic amines) is 1. The van der Waals surface area contributed by atoms with Crippen molar-refractivity contribution in [1.82, 2.24) is 10.2 Å². The quantitative estimate of drug-likeness (QED) is 0.860. The predicted octanol–water partition coefficient (Wildman–Crippen LogP) is 2.91. The van der Waals surface area contributed by atoms with Gasteiger partial charge in [0, 0.05) is 13.2 Å². The Hall–Kier alpha value is -1.59. The van der Waals surface area contributed by atoms with Crippen molar-refractivity contribution < 1.29 is 14.3 Å². The maximum absolute atomic E-state index is 12.4. The van der Waals surface area contributed by atoms with E-state index in [1.165, 1.54) is 31.2 Å². The number of benzene rings is 1. The number of rotatable bonds is 6. The van der Waals surface area contributed by atoms with Crippen molar-refractivity contribution in [2.45, 2.75) is 50.7 Å². The molecular weight excluding hydrogens is 316 g/mol. The van der Waals surface area contributed by atoms with Gasteiger partial charge in [-0.2, -0.15) is 0 Å². The van der Waals surface area contributed by atoms with Crippen molar-refractivity contribution in [3.05, 3.63) is 29.8 Å². The van der Waals surface area contributed by atoms with Gasteiger partial charge in [0.15, 0.2) is 0 Å². The molecule has 5 heteroatoms. The first-order chi connectivity index (χ1) is 12.3. The molecule has 1 amide bonds. The smallest absolute Gasteiger partial charge is 0.249 e. The molecule has 0 bridgehead atoms. The Morgan fingerprint density at radius 3 is 2.52 bits per heavy atom. The van der Waals surface area contributed by atoms with Gasteiger partial charge in [-0.1, -0.05) is 25.0 Å². The van der Waals surface area contributed by atoms with Gasteiger partial charge < -0.3 is 14.8 Å². The van der Waals surface area contributed by atoms with E-state index in [4.69, 9.17) is 9.47 Å². The van der Waals surface area contributed by atoms with Crippen LogP contribution in [-0.4, -0.2) is 50.3 Å². The fourth-order valence-corrected chi connectivity index (χ4v) is 3.79. The highest BCUT2D eigenvalue weighted by atomic mass is 16.5. The zero-order valence-corrected chi connectivity index (χ0v) is 15.2. The summed E-state index contributed by atoms with van der Waals surface area (Å²) < 4.78 is 10.8. The highest BCUT2D eigenvalue weighted by molar-refractivity contribution is 5.81. The Morgan fingerprint density at radius 1 is 1.20 bits per heavy atom. The van der Waals surface area contributed by atoms with Crippen molar-refractivity contribution in [3.8, 4) is 5.75 Å². The van der Waals surface area contributed by atoms with Crippen LogP contribution < -0.4 is 10.1 Å². The minimum atomic E-state index is -0.263. The summed E-state index contributed by atoms with van der Waals surface area (Å²) in [4.78, 5) is 14.9. The number of nitrogens with zero attached hydrogens (tertiary/aromatic N) is 1. The van der Waals surface area contributed by atoms with Crippen LogP contribution in [-0.2, 0) is 9.53 Å². The summed E-state index contributed by atoms with van der Waals surface area (Å²) in [5.41, 5.74) is 1.23. The summed E-state index contributed by atoms with van der Waals surface area (Å²) in [6.07, 6.45) is 6.61. The van der Waals surface area contributed by atoms with Crippen LogP contribution in [0.5, 0.6) is 5.75 Å². The van der Waals surface area contributed by atoms with E-state index in [-0.39, 0.29) is 18.1 Å². The zero-order chi connectivity index (χ0) is 17.5. The van der Waals surface area contributed by atoms with Crippen LogP contribution in [0.15, 0.2) is 24.3 Å². The van der Waals surface area contributed by atoms with Gasteiger partial charge in [0.2, 0.25) is 5.91 Å². The van der Waals surface area contributed by atoms with E-state index in [2.05, 4.69) is 22.3 Å². The van der Waals surface area contributed by atoms with Gasteiger partial charge in [0.25, 0.3) is 0 Å². The highest BCUT2D eigenvalue weighted by Crippen LogP contribution is 2.26.